The van der Waals surface area contributed by atoms with Crippen LogP contribution < -0.4 is 5.32 Å². The third-order valence-corrected chi connectivity index (χ3v) is 4.96. The molecule has 1 aliphatic carbocycles. The third kappa shape index (κ3) is 4.93. The standard InChI is InChI=1S/C20H28N2O/c23-20(18-11-4-5-12-18)21-19-13-7-15-22(16-19)14-6-10-17-8-2-1-3-9-17/h1-3,8-9,11,19H,4-7,10,12-16H2,(H,21,23)/t19-/m0/s1. The molecule has 23 heavy (non-hydrogen) atoms. The molecule has 1 saturated heterocycles. The molecule has 3 heteroatoms. The van der Waals surface area contributed by atoms with Crippen LogP contribution in [0, 0.1) is 0 Å². The molecule has 0 bridgehead atoms. The van der Waals surface area contributed by atoms with Crippen molar-refractivity contribution in [2.45, 2.75) is 51.0 Å². The molecule has 1 atom stereocenters. The van der Waals surface area contributed by atoms with Crippen LogP contribution in [-0.4, -0.2) is 36.5 Å². The van der Waals surface area contributed by atoms with Crippen LogP contribution in [0.3, 0.4) is 0 Å². The molecule has 1 aromatic rings. The Balaban J connectivity index is 1.40. The van der Waals surface area contributed by atoms with Crippen LogP contribution in [-0.2, 0) is 11.2 Å². The first-order valence-corrected chi connectivity index (χ1v) is 9.07. The SMILES string of the molecule is O=C(N[C@H]1CCCN(CCCc2ccccc2)C1)C1=CCCC1. The van der Waals surface area contributed by atoms with Gasteiger partial charge in [-0.1, -0.05) is 36.4 Å². The van der Waals surface area contributed by atoms with Crippen LogP contribution in [0.15, 0.2) is 42.0 Å². The van der Waals surface area contributed by atoms with E-state index in [0.29, 0.717) is 6.04 Å². The molecule has 3 rings (SSSR count). The number of hydrogen-bond donors (Lipinski definition) is 1. The quantitative estimate of drug-likeness (QED) is 0.874. The van der Waals surface area contributed by atoms with E-state index in [2.05, 4.69) is 46.6 Å². The first-order chi connectivity index (χ1) is 11.3. The number of nitrogens with one attached hydrogen (secondary N) is 1. The molecule has 1 amide bonds. The molecular formula is C20H28N2O. The number of hydrogen-bond acceptors (Lipinski definition) is 2. The smallest absolute Gasteiger partial charge is 0.247 e. The van der Waals surface area contributed by atoms with Gasteiger partial charge in [0.1, 0.15) is 0 Å². The average Bonchev–Trinajstić information content (AvgIpc) is 3.11. The molecule has 2 aliphatic rings. The van der Waals surface area contributed by atoms with Gasteiger partial charge in [0.25, 0.3) is 0 Å². The second kappa shape index (κ2) is 8.30. The number of nitrogens with zero attached hydrogens (tertiary/aromatic N) is 1. The van der Waals surface area contributed by atoms with Gasteiger partial charge >= 0.3 is 0 Å². The number of piperidine rings is 1. The first-order valence-electron chi connectivity index (χ1n) is 9.07. The molecule has 0 saturated carbocycles. The van der Waals surface area contributed by atoms with Gasteiger partial charge in [0.15, 0.2) is 0 Å². The van der Waals surface area contributed by atoms with Crippen molar-refractivity contribution in [3.05, 3.63) is 47.5 Å². The van der Waals surface area contributed by atoms with E-state index in [1.165, 1.54) is 24.9 Å². The lowest BCUT2D eigenvalue weighted by Crippen LogP contribution is -2.48. The number of carbonyl (C=O) groups is 1. The van der Waals surface area contributed by atoms with E-state index in [1.807, 2.05) is 0 Å². The number of benzene rings is 1. The fourth-order valence-electron chi connectivity index (χ4n) is 3.68. The second-order valence-corrected chi connectivity index (χ2v) is 6.82. The molecule has 0 radical (unpaired) electrons. The first kappa shape index (κ1) is 16.3. The van der Waals surface area contributed by atoms with Crippen molar-refractivity contribution in [1.82, 2.24) is 10.2 Å². The molecular weight excluding hydrogens is 284 g/mol. The Hall–Kier alpha value is -1.61. The zero-order valence-electron chi connectivity index (χ0n) is 14.0. The zero-order valence-corrected chi connectivity index (χ0v) is 14.0. The summed E-state index contributed by atoms with van der Waals surface area (Å²) in [6.07, 6.45) is 9.91. The lowest BCUT2D eigenvalue weighted by Gasteiger charge is -2.33. The van der Waals surface area contributed by atoms with Gasteiger partial charge in [-0.15, -0.1) is 0 Å². The Morgan fingerprint density at radius 1 is 1.22 bits per heavy atom. The number of carbonyl (C=O) groups excluding carboxylic acids is 1. The Kier molecular flexibility index (Phi) is 5.87. The molecule has 1 aliphatic heterocycles. The van der Waals surface area contributed by atoms with Crippen molar-refractivity contribution in [3.8, 4) is 0 Å². The van der Waals surface area contributed by atoms with E-state index >= 15 is 0 Å². The molecule has 124 valence electrons. The van der Waals surface area contributed by atoms with Gasteiger partial charge in [-0.3, -0.25) is 4.79 Å². The largest absolute Gasteiger partial charge is 0.348 e. The minimum absolute atomic E-state index is 0.179. The van der Waals surface area contributed by atoms with E-state index in [-0.39, 0.29) is 5.91 Å². The van der Waals surface area contributed by atoms with E-state index in [1.54, 1.807) is 0 Å². The number of allylic oxidation sites excluding steroid dienone is 1. The van der Waals surface area contributed by atoms with Crippen molar-refractivity contribution >= 4 is 5.91 Å². The van der Waals surface area contributed by atoms with Crippen LogP contribution in [0.4, 0.5) is 0 Å². The Bertz CT molecular complexity index is 538. The Labute approximate surface area is 139 Å². The van der Waals surface area contributed by atoms with Gasteiger partial charge in [-0.05, 0) is 63.6 Å². The molecule has 1 fully saturated rings. The lowest BCUT2D eigenvalue weighted by molar-refractivity contribution is -0.118. The summed E-state index contributed by atoms with van der Waals surface area (Å²) in [5, 5.41) is 3.25. The summed E-state index contributed by atoms with van der Waals surface area (Å²) in [5.41, 5.74) is 2.42. The minimum atomic E-state index is 0.179. The molecule has 1 aromatic carbocycles. The summed E-state index contributed by atoms with van der Waals surface area (Å²) in [5.74, 6) is 0.179. The number of rotatable bonds is 6. The van der Waals surface area contributed by atoms with E-state index in [9.17, 15) is 4.79 Å². The summed E-state index contributed by atoms with van der Waals surface area (Å²) < 4.78 is 0. The maximum Gasteiger partial charge on any atom is 0.247 e. The molecule has 0 spiro atoms. The molecule has 1 heterocycles. The minimum Gasteiger partial charge on any atom is -0.348 e. The third-order valence-electron chi connectivity index (χ3n) is 4.96. The van der Waals surface area contributed by atoms with Crippen LogP contribution in [0.2, 0.25) is 0 Å². The summed E-state index contributed by atoms with van der Waals surface area (Å²) in [6.45, 7) is 3.31. The number of likely N-dealkylation sites (tertiary alicyclic amines) is 1. The maximum absolute atomic E-state index is 12.2. The van der Waals surface area contributed by atoms with E-state index < -0.39 is 0 Å². The molecule has 0 unspecified atom stereocenters. The highest BCUT2D eigenvalue weighted by Gasteiger charge is 2.22. The number of amides is 1. The van der Waals surface area contributed by atoms with Crippen molar-refractivity contribution < 1.29 is 4.79 Å². The lowest BCUT2D eigenvalue weighted by atomic mass is 10.0. The van der Waals surface area contributed by atoms with E-state index in [4.69, 9.17) is 0 Å². The van der Waals surface area contributed by atoms with Gasteiger partial charge < -0.3 is 10.2 Å². The second-order valence-electron chi connectivity index (χ2n) is 6.82. The van der Waals surface area contributed by atoms with Crippen molar-refractivity contribution in [1.29, 1.82) is 0 Å². The molecule has 1 N–H and O–H groups in total. The van der Waals surface area contributed by atoms with Gasteiger partial charge in [0.05, 0.1) is 0 Å². The summed E-state index contributed by atoms with van der Waals surface area (Å²) in [4.78, 5) is 14.7. The van der Waals surface area contributed by atoms with Crippen molar-refractivity contribution in [3.63, 3.8) is 0 Å². The molecule has 0 aromatic heterocycles. The molecule has 3 nitrogen and oxygen atoms in total. The average molecular weight is 312 g/mol. The predicted octanol–water partition coefficient (Wildman–Crippen LogP) is 3.31. The fraction of sp³-hybridized carbons (Fsp3) is 0.550. The van der Waals surface area contributed by atoms with Crippen molar-refractivity contribution in [2.75, 3.05) is 19.6 Å². The highest BCUT2D eigenvalue weighted by Crippen LogP contribution is 2.18. The van der Waals surface area contributed by atoms with Crippen LogP contribution in [0.25, 0.3) is 0 Å². The van der Waals surface area contributed by atoms with Gasteiger partial charge in [-0.25, -0.2) is 0 Å². The maximum atomic E-state index is 12.2. The van der Waals surface area contributed by atoms with Gasteiger partial charge in [-0.2, -0.15) is 0 Å². The monoisotopic (exact) mass is 312 g/mol. The summed E-state index contributed by atoms with van der Waals surface area (Å²) >= 11 is 0. The van der Waals surface area contributed by atoms with Crippen LogP contribution in [0.1, 0.15) is 44.1 Å². The Morgan fingerprint density at radius 2 is 2.09 bits per heavy atom. The van der Waals surface area contributed by atoms with Crippen LogP contribution >= 0.6 is 0 Å². The topological polar surface area (TPSA) is 32.3 Å². The summed E-state index contributed by atoms with van der Waals surface area (Å²) in [7, 11) is 0. The Morgan fingerprint density at radius 3 is 2.87 bits per heavy atom. The highest BCUT2D eigenvalue weighted by molar-refractivity contribution is 5.93. The highest BCUT2D eigenvalue weighted by atomic mass is 16.1. The van der Waals surface area contributed by atoms with Gasteiger partial charge in [0, 0.05) is 18.2 Å². The normalized spacial score (nSPS) is 21.9. The van der Waals surface area contributed by atoms with E-state index in [0.717, 1.165) is 50.8 Å². The fourth-order valence-corrected chi connectivity index (χ4v) is 3.68. The number of aryl methyl sites for hydroxylation is 1. The summed E-state index contributed by atoms with van der Waals surface area (Å²) in [6, 6.07) is 11.0. The van der Waals surface area contributed by atoms with Crippen molar-refractivity contribution in [2.24, 2.45) is 0 Å². The zero-order chi connectivity index (χ0) is 15.9. The van der Waals surface area contributed by atoms with Crippen LogP contribution in [0.5, 0.6) is 0 Å². The van der Waals surface area contributed by atoms with Gasteiger partial charge in [0.2, 0.25) is 5.91 Å². The predicted molar refractivity (Wildman–Crippen MR) is 94.3 cm³/mol.